The minimum absolute atomic E-state index is 0.293. The maximum atomic E-state index is 5.98. The van der Waals surface area contributed by atoms with E-state index in [9.17, 15) is 0 Å². The van der Waals surface area contributed by atoms with Gasteiger partial charge in [0, 0.05) is 39.3 Å². The highest BCUT2D eigenvalue weighted by Crippen LogP contribution is 2.37. The van der Waals surface area contributed by atoms with Crippen molar-refractivity contribution in [2.45, 2.75) is 87.7 Å². The van der Waals surface area contributed by atoms with Gasteiger partial charge >= 0.3 is 0 Å². The van der Waals surface area contributed by atoms with Crippen LogP contribution in [0.4, 0.5) is 0 Å². The zero-order valence-electron chi connectivity index (χ0n) is 16.5. The Balaban J connectivity index is 1.33. The molecule has 1 saturated carbocycles. The molecule has 2 N–H and O–H groups in total. The number of ether oxygens (including phenoxy) is 2. The van der Waals surface area contributed by atoms with Crippen molar-refractivity contribution in [3.63, 3.8) is 0 Å². The van der Waals surface area contributed by atoms with Gasteiger partial charge < -0.3 is 20.1 Å². The smallest absolute Gasteiger partial charge is 0.191 e. The number of rotatable bonds is 5. The average molecular weight is 365 g/mol. The standard InChI is InChI=1S/C20H36N4O2/c1-21-19(23-17-13-16-5-6-18(17)26-16)22-14-20(9-3-4-10-20)24-11-7-15(25-2)8-12-24/h15-18H,3-14H2,1-2H3,(H2,21,22,23). The van der Waals surface area contributed by atoms with Gasteiger partial charge in [0.05, 0.1) is 24.4 Å². The van der Waals surface area contributed by atoms with E-state index >= 15 is 0 Å². The van der Waals surface area contributed by atoms with Crippen molar-refractivity contribution >= 4 is 5.96 Å². The maximum absolute atomic E-state index is 5.98. The first-order valence-electron chi connectivity index (χ1n) is 10.6. The molecule has 26 heavy (non-hydrogen) atoms. The highest BCUT2D eigenvalue weighted by molar-refractivity contribution is 5.80. The van der Waals surface area contributed by atoms with Crippen molar-refractivity contribution in [3.8, 4) is 0 Å². The summed E-state index contributed by atoms with van der Waals surface area (Å²) in [5, 5.41) is 7.30. The molecule has 4 rings (SSSR count). The van der Waals surface area contributed by atoms with Gasteiger partial charge in [-0.2, -0.15) is 0 Å². The van der Waals surface area contributed by atoms with Crippen LogP contribution in [0.5, 0.6) is 0 Å². The number of aliphatic imine (C=N–C) groups is 1. The van der Waals surface area contributed by atoms with Gasteiger partial charge in [0.2, 0.25) is 0 Å². The lowest BCUT2D eigenvalue weighted by molar-refractivity contribution is -0.00165. The van der Waals surface area contributed by atoms with Crippen LogP contribution in [0.1, 0.15) is 57.8 Å². The van der Waals surface area contributed by atoms with Crippen LogP contribution >= 0.6 is 0 Å². The van der Waals surface area contributed by atoms with E-state index < -0.39 is 0 Å². The van der Waals surface area contributed by atoms with Crippen LogP contribution in [0.3, 0.4) is 0 Å². The lowest BCUT2D eigenvalue weighted by Crippen LogP contribution is -2.59. The molecule has 3 atom stereocenters. The summed E-state index contributed by atoms with van der Waals surface area (Å²) in [4.78, 5) is 7.23. The Bertz CT molecular complexity index is 498. The molecule has 2 bridgehead atoms. The molecule has 0 spiro atoms. The van der Waals surface area contributed by atoms with E-state index in [0.29, 0.717) is 29.9 Å². The Morgan fingerprint density at radius 1 is 1.19 bits per heavy atom. The lowest BCUT2D eigenvalue weighted by Gasteiger charge is -2.45. The number of nitrogens with one attached hydrogen (secondary N) is 2. The topological polar surface area (TPSA) is 58.1 Å². The minimum atomic E-state index is 0.293. The second-order valence-electron chi connectivity index (χ2n) is 8.64. The lowest BCUT2D eigenvalue weighted by atomic mass is 9.91. The summed E-state index contributed by atoms with van der Waals surface area (Å²) in [6, 6.07) is 0.428. The second kappa shape index (κ2) is 8.03. The van der Waals surface area contributed by atoms with Crippen LogP contribution in [0.25, 0.3) is 0 Å². The molecule has 1 aliphatic carbocycles. The first kappa shape index (κ1) is 18.5. The van der Waals surface area contributed by atoms with Crippen LogP contribution in [0, 0.1) is 0 Å². The molecular weight excluding hydrogens is 328 g/mol. The van der Waals surface area contributed by atoms with Gasteiger partial charge in [-0.05, 0) is 44.9 Å². The molecule has 6 nitrogen and oxygen atoms in total. The molecule has 0 aromatic rings. The first-order chi connectivity index (χ1) is 12.7. The second-order valence-corrected chi connectivity index (χ2v) is 8.64. The summed E-state index contributed by atoms with van der Waals surface area (Å²) >= 11 is 0. The molecule has 0 aromatic heterocycles. The third-order valence-electron chi connectivity index (χ3n) is 7.22. The summed E-state index contributed by atoms with van der Waals surface area (Å²) in [5.74, 6) is 0.948. The minimum Gasteiger partial charge on any atom is -0.381 e. The number of nitrogens with zero attached hydrogens (tertiary/aromatic N) is 2. The number of likely N-dealkylation sites (tertiary alicyclic amines) is 1. The van der Waals surface area contributed by atoms with E-state index in [1.54, 1.807) is 0 Å². The van der Waals surface area contributed by atoms with Crippen LogP contribution < -0.4 is 10.6 Å². The quantitative estimate of drug-likeness (QED) is 0.576. The zero-order chi connectivity index (χ0) is 18.0. The van der Waals surface area contributed by atoms with Crippen molar-refractivity contribution in [1.29, 1.82) is 0 Å². The average Bonchev–Trinajstić information content (AvgIpc) is 3.42. The Labute approximate surface area is 158 Å². The molecule has 3 aliphatic heterocycles. The Morgan fingerprint density at radius 3 is 2.54 bits per heavy atom. The van der Waals surface area contributed by atoms with Gasteiger partial charge in [0.25, 0.3) is 0 Å². The Kier molecular flexibility index (Phi) is 5.72. The molecule has 0 radical (unpaired) electrons. The van der Waals surface area contributed by atoms with Crippen LogP contribution in [0.15, 0.2) is 4.99 Å². The van der Waals surface area contributed by atoms with Gasteiger partial charge in [-0.3, -0.25) is 9.89 Å². The van der Waals surface area contributed by atoms with Crippen LogP contribution in [-0.2, 0) is 9.47 Å². The highest BCUT2D eigenvalue weighted by atomic mass is 16.5. The van der Waals surface area contributed by atoms with Gasteiger partial charge in [-0.15, -0.1) is 0 Å². The largest absolute Gasteiger partial charge is 0.381 e. The fourth-order valence-electron chi connectivity index (χ4n) is 5.61. The number of fused-ring (bicyclic) bond motifs is 2. The van der Waals surface area contributed by atoms with Crippen molar-refractivity contribution in [2.24, 2.45) is 4.99 Å². The predicted molar refractivity (Wildman–Crippen MR) is 104 cm³/mol. The molecular formula is C20H36N4O2. The number of hydrogen-bond acceptors (Lipinski definition) is 4. The number of guanidine groups is 1. The van der Waals surface area contributed by atoms with Gasteiger partial charge in [0.1, 0.15) is 0 Å². The van der Waals surface area contributed by atoms with Gasteiger partial charge in [0.15, 0.2) is 5.96 Å². The Hall–Kier alpha value is -0.850. The van der Waals surface area contributed by atoms with Gasteiger partial charge in [-0.25, -0.2) is 0 Å². The van der Waals surface area contributed by atoms with Crippen LogP contribution in [0.2, 0.25) is 0 Å². The van der Waals surface area contributed by atoms with E-state index in [4.69, 9.17) is 9.47 Å². The molecule has 4 aliphatic rings. The molecule has 6 heteroatoms. The molecule has 4 fully saturated rings. The third-order valence-corrected chi connectivity index (χ3v) is 7.22. The van der Waals surface area contributed by atoms with Crippen molar-refractivity contribution in [2.75, 3.05) is 33.8 Å². The normalized spacial score (nSPS) is 35.2. The third kappa shape index (κ3) is 3.73. The molecule has 0 aromatic carbocycles. The van der Waals surface area contributed by atoms with Crippen LogP contribution in [-0.4, -0.2) is 74.5 Å². The first-order valence-corrected chi connectivity index (χ1v) is 10.6. The summed E-state index contributed by atoms with van der Waals surface area (Å²) < 4.78 is 11.5. The summed E-state index contributed by atoms with van der Waals surface area (Å²) in [5.41, 5.74) is 0.293. The molecule has 3 unspecified atom stereocenters. The molecule has 3 heterocycles. The Morgan fingerprint density at radius 2 is 1.96 bits per heavy atom. The van der Waals surface area contributed by atoms with E-state index in [0.717, 1.165) is 44.9 Å². The summed E-state index contributed by atoms with van der Waals surface area (Å²) in [6.45, 7) is 3.31. The molecule has 0 amide bonds. The monoisotopic (exact) mass is 364 g/mol. The maximum Gasteiger partial charge on any atom is 0.191 e. The van der Waals surface area contributed by atoms with Crippen molar-refractivity contribution in [3.05, 3.63) is 0 Å². The molecule has 148 valence electrons. The fourth-order valence-corrected chi connectivity index (χ4v) is 5.61. The summed E-state index contributed by atoms with van der Waals surface area (Å²) in [6.07, 6.45) is 12.5. The van der Waals surface area contributed by atoms with Crippen molar-refractivity contribution < 1.29 is 9.47 Å². The number of hydrogen-bond donors (Lipinski definition) is 2. The van der Waals surface area contributed by atoms with E-state index in [1.165, 1.54) is 38.5 Å². The zero-order valence-corrected chi connectivity index (χ0v) is 16.5. The highest BCUT2D eigenvalue weighted by Gasteiger charge is 2.43. The van der Waals surface area contributed by atoms with E-state index in [2.05, 4.69) is 20.5 Å². The number of piperidine rings is 1. The summed E-state index contributed by atoms with van der Waals surface area (Å²) in [7, 11) is 3.73. The van der Waals surface area contributed by atoms with E-state index in [-0.39, 0.29) is 0 Å². The van der Waals surface area contributed by atoms with Gasteiger partial charge in [-0.1, -0.05) is 12.8 Å². The molecule has 3 saturated heterocycles. The SMILES string of the molecule is CN=C(NCC1(N2CCC(OC)CC2)CCCC1)NC1CC2CCC1O2. The predicted octanol–water partition coefficient (Wildman–Crippen LogP) is 1.89. The van der Waals surface area contributed by atoms with Crippen molar-refractivity contribution in [1.82, 2.24) is 15.5 Å². The number of methoxy groups -OCH3 is 1. The fraction of sp³-hybridized carbons (Fsp3) is 0.950. The van der Waals surface area contributed by atoms with E-state index in [1.807, 2.05) is 14.2 Å².